The third-order valence-electron chi connectivity index (χ3n) is 7.61. The first-order chi connectivity index (χ1) is 16.3. The quantitative estimate of drug-likeness (QED) is 0.562. The molecule has 1 aromatic carbocycles. The molecule has 5 rings (SSSR count). The topological polar surface area (TPSA) is 49.3 Å². The molecule has 34 heavy (non-hydrogen) atoms. The van der Waals surface area contributed by atoms with E-state index in [1.54, 1.807) is 12.4 Å². The molecule has 4 heteroatoms. The summed E-state index contributed by atoms with van der Waals surface area (Å²) in [6.07, 6.45) is 7.49. The lowest BCUT2D eigenvalue weighted by Gasteiger charge is -2.55. The molecule has 3 aromatic rings. The Bertz CT molecular complexity index is 1230. The second-order valence-electron chi connectivity index (χ2n) is 10.7. The lowest BCUT2D eigenvalue weighted by atomic mass is 9.62. The van der Waals surface area contributed by atoms with E-state index in [4.69, 9.17) is 0 Å². The Morgan fingerprint density at radius 3 is 2.35 bits per heavy atom. The summed E-state index contributed by atoms with van der Waals surface area (Å²) in [7, 11) is 2.09. The minimum Gasteiger partial charge on any atom is -0.380 e. The van der Waals surface area contributed by atoms with Gasteiger partial charge < -0.3 is 10.0 Å². The molecule has 1 atom stereocenters. The smallest absolute Gasteiger partial charge is 0.124 e. The van der Waals surface area contributed by atoms with Crippen LogP contribution in [0, 0.1) is 17.3 Å². The van der Waals surface area contributed by atoms with Gasteiger partial charge in [0.1, 0.15) is 5.60 Å². The van der Waals surface area contributed by atoms with Gasteiger partial charge in [-0.3, -0.25) is 9.97 Å². The van der Waals surface area contributed by atoms with Crippen LogP contribution in [0.5, 0.6) is 0 Å². The van der Waals surface area contributed by atoms with Crippen LogP contribution in [0.15, 0.2) is 67.1 Å². The molecule has 2 aliphatic rings. The highest BCUT2D eigenvalue weighted by Crippen LogP contribution is 2.50. The lowest BCUT2D eigenvalue weighted by Crippen LogP contribution is -2.63. The van der Waals surface area contributed by atoms with E-state index in [2.05, 4.69) is 84.9 Å². The van der Waals surface area contributed by atoms with Crippen LogP contribution in [0.3, 0.4) is 0 Å². The van der Waals surface area contributed by atoms with Gasteiger partial charge in [0, 0.05) is 48.2 Å². The Balaban J connectivity index is 1.53. The van der Waals surface area contributed by atoms with Crippen molar-refractivity contribution in [2.75, 3.05) is 20.1 Å². The summed E-state index contributed by atoms with van der Waals surface area (Å²) >= 11 is 0. The molecular weight excluding hydrogens is 418 g/mol. The molecule has 1 aliphatic carbocycles. The SMILES string of the molecule is CC(C)c1ccc(C(O)(c2cncc(C#CC3(c4ccccn4)CC3)c2)C2(C)CN(C)C2)cc1. The molecule has 1 N–H and O–H groups in total. The van der Waals surface area contributed by atoms with E-state index in [1.165, 1.54) is 5.56 Å². The number of aliphatic hydroxyl groups is 1. The molecule has 1 saturated carbocycles. The van der Waals surface area contributed by atoms with Gasteiger partial charge in [-0.2, -0.15) is 0 Å². The number of pyridine rings is 2. The Kier molecular flexibility index (Phi) is 5.59. The first-order valence-electron chi connectivity index (χ1n) is 12.2. The maximum absolute atomic E-state index is 12.4. The molecule has 1 saturated heterocycles. The van der Waals surface area contributed by atoms with Crippen LogP contribution in [-0.4, -0.2) is 40.1 Å². The van der Waals surface area contributed by atoms with E-state index in [0.29, 0.717) is 5.92 Å². The van der Waals surface area contributed by atoms with Gasteiger partial charge in [0.25, 0.3) is 0 Å². The maximum Gasteiger partial charge on any atom is 0.124 e. The standard InChI is InChI=1S/C30H33N3O/c1-22(2)24-8-10-25(11-9-24)30(34,28(3)20-33(4)21-28)26-17-23(18-31-19-26)12-13-29(14-15-29)27-7-5-6-16-32-27/h5-11,16-19,22,34H,14-15,20-21H2,1-4H3. The summed E-state index contributed by atoms with van der Waals surface area (Å²) in [6, 6.07) is 16.5. The van der Waals surface area contributed by atoms with Crippen molar-refractivity contribution in [1.82, 2.24) is 14.9 Å². The first-order valence-corrected chi connectivity index (χ1v) is 12.2. The largest absolute Gasteiger partial charge is 0.380 e. The van der Waals surface area contributed by atoms with Crippen molar-refractivity contribution in [1.29, 1.82) is 0 Å². The van der Waals surface area contributed by atoms with Crippen LogP contribution in [0.25, 0.3) is 0 Å². The molecule has 174 valence electrons. The molecule has 0 radical (unpaired) electrons. The van der Waals surface area contributed by atoms with Gasteiger partial charge >= 0.3 is 0 Å². The van der Waals surface area contributed by atoms with Crippen molar-refractivity contribution in [3.8, 4) is 11.8 Å². The monoisotopic (exact) mass is 451 g/mol. The zero-order valence-electron chi connectivity index (χ0n) is 20.5. The summed E-state index contributed by atoms with van der Waals surface area (Å²) in [5, 5.41) is 12.4. The van der Waals surface area contributed by atoms with Gasteiger partial charge in [0.05, 0.1) is 11.1 Å². The van der Waals surface area contributed by atoms with Crippen LogP contribution in [-0.2, 0) is 11.0 Å². The van der Waals surface area contributed by atoms with Crippen LogP contribution in [0.1, 0.15) is 67.5 Å². The number of rotatable bonds is 5. The highest BCUT2D eigenvalue weighted by Gasteiger charge is 2.55. The minimum absolute atomic E-state index is 0.150. The predicted octanol–water partition coefficient (Wildman–Crippen LogP) is 4.87. The van der Waals surface area contributed by atoms with Gasteiger partial charge in [0.2, 0.25) is 0 Å². The molecule has 4 nitrogen and oxygen atoms in total. The van der Waals surface area contributed by atoms with Crippen LogP contribution in [0.4, 0.5) is 0 Å². The Labute approximate surface area is 203 Å². The van der Waals surface area contributed by atoms with Gasteiger partial charge in [-0.1, -0.05) is 62.9 Å². The molecule has 2 aromatic heterocycles. The average Bonchev–Trinajstić information content (AvgIpc) is 3.63. The van der Waals surface area contributed by atoms with Crippen molar-refractivity contribution in [3.63, 3.8) is 0 Å². The number of hydrogen-bond acceptors (Lipinski definition) is 4. The van der Waals surface area contributed by atoms with Crippen molar-refractivity contribution < 1.29 is 5.11 Å². The van der Waals surface area contributed by atoms with Crippen molar-refractivity contribution in [2.24, 2.45) is 5.41 Å². The van der Waals surface area contributed by atoms with E-state index in [0.717, 1.165) is 48.3 Å². The third kappa shape index (κ3) is 3.83. The molecule has 1 aliphatic heterocycles. The first kappa shape index (κ1) is 22.8. The van der Waals surface area contributed by atoms with Crippen LogP contribution >= 0.6 is 0 Å². The van der Waals surface area contributed by atoms with E-state index in [9.17, 15) is 5.11 Å². The lowest BCUT2D eigenvalue weighted by molar-refractivity contribution is -0.127. The van der Waals surface area contributed by atoms with E-state index < -0.39 is 5.60 Å². The normalized spacial score (nSPS) is 20.1. The van der Waals surface area contributed by atoms with Crippen LogP contribution < -0.4 is 0 Å². The minimum atomic E-state index is -1.15. The van der Waals surface area contributed by atoms with E-state index in [-0.39, 0.29) is 10.8 Å². The fraction of sp³-hybridized carbons (Fsp3) is 0.400. The fourth-order valence-corrected chi connectivity index (χ4v) is 5.46. The van der Waals surface area contributed by atoms with Gasteiger partial charge in [-0.05, 0) is 55.1 Å². The van der Waals surface area contributed by atoms with Gasteiger partial charge in [0.15, 0.2) is 0 Å². The highest BCUT2D eigenvalue weighted by atomic mass is 16.3. The zero-order chi connectivity index (χ0) is 24.0. The van der Waals surface area contributed by atoms with Crippen molar-refractivity contribution >= 4 is 0 Å². The molecule has 2 fully saturated rings. The average molecular weight is 452 g/mol. The predicted molar refractivity (Wildman–Crippen MR) is 135 cm³/mol. The Hall–Kier alpha value is -3.00. The number of hydrogen-bond donors (Lipinski definition) is 1. The molecule has 3 heterocycles. The molecule has 0 spiro atoms. The molecule has 0 bridgehead atoms. The summed E-state index contributed by atoms with van der Waals surface area (Å²) in [5.41, 5.74) is 3.22. The summed E-state index contributed by atoms with van der Waals surface area (Å²) < 4.78 is 0. The second-order valence-corrected chi connectivity index (χ2v) is 10.7. The second kappa shape index (κ2) is 8.34. The number of aromatic nitrogens is 2. The van der Waals surface area contributed by atoms with Gasteiger partial charge in [-0.15, -0.1) is 0 Å². The van der Waals surface area contributed by atoms with E-state index >= 15 is 0 Å². The van der Waals surface area contributed by atoms with Crippen LogP contribution in [0.2, 0.25) is 0 Å². The highest BCUT2D eigenvalue weighted by molar-refractivity contribution is 5.47. The summed E-state index contributed by atoms with van der Waals surface area (Å²) in [6.45, 7) is 8.17. The maximum atomic E-state index is 12.4. The molecule has 1 unspecified atom stereocenters. The summed E-state index contributed by atoms with van der Waals surface area (Å²) in [5.74, 6) is 7.27. The number of benzene rings is 1. The molecular formula is C30H33N3O. The Morgan fingerprint density at radius 1 is 1.03 bits per heavy atom. The zero-order valence-corrected chi connectivity index (χ0v) is 20.5. The van der Waals surface area contributed by atoms with Gasteiger partial charge in [-0.25, -0.2) is 0 Å². The van der Waals surface area contributed by atoms with Crippen molar-refractivity contribution in [3.05, 3.63) is 95.1 Å². The fourth-order valence-electron chi connectivity index (χ4n) is 5.46. The van der Waals surface area contributed by atoms with E-state index in [1.807, 2.05) is 24.4 Å². The summed E-state index contributed by atoms with van der Waals surface area (Å²) in [4.78, 5) is 11.3. The molecule has 0 amide bonds. The third-order valence-corrected chi connectivity index (χ3v) is 7.61. The van der Waals surface area contributed by atoms with Crippen molar-refractivity contribution in [2.45, 2.75) is 50.5 Å². The number of likely N-dealkylation sites (tertiary alicyclic amines) is 1. The Morgan fingerprint density at radius 2 is 1.76 bits per heavy atom. The number of nitrogens with zero attached hydrogens (tertiary/aromatic N) is 3.